The second kappa shape index (κ2) is 7.02. The van der Waals surface area contributed by atoms with Gasteiger partial charge in [0.15, 0.2) is 0 Å². The summed E-state index contributed by atoms with van der Waals surface area (Å²) in [6.07, 6.45) is -0.103. The Morgan fingerprint density at radius 2 is 2.14 bits per heavy atom. The highest BCUT2D eigenvalue weighted by molar-refractivity contribution is 9.10. The molecular weight excluding hydrogens is 374 g/mol. The number of nitrogens with one attached hydrogen (secondary N) is 1. The maximum absolute atomic E-state index is 12.3. The molecule has 0 spiro atoms. The molecule has 7 heteroatoms. The lowest BCUT2D eigenvalue weighted by atomic mass is 10.1. The number of halogens is 1. The summed E-state index contributed by atoms with van der Waals surface area (Å²) in [6.45, 7) is 2.10. The van der Waals surface area contributed by atoms with Gasteiger partial charge in [-0.05, 0) is 46.1 Å². The molecule has 0 aliphatic heterocycles. The van der Waals surface area contributed by atoms with Crippen molar-refractivity contribution in [3.8, 4) is 0 Å². The van der Waals surface area contributed by atoms with Crippen LogP contribution >= 0.6 is 27.3 Å². The smallest absolute Gasteiger partial charge is 0.240 e. The van der Waals surface area contributed by atoms with Crippen molar-refractivity contribution in [2.24, 2.45) is 0 Å². The van der Waals surface area contributed by atoms with Crippen LogP contribution in [0.2, 0.25) is 0 Å². The van der Waals surface area contributed by atoms with Gasteiger partial charge in [0.25, 0.3) is 0 Å². The molecule has 21 heavy (non-hydrogen) atoms. The molecule has 2 rings (SSSR count). The molecular formula is C14H16BrNO3S2. The molecule has 1 aromatic heterocycles. The summed E-state index contributed by atoms with van der Waals surface area (Å²) >= 11 is 4.82. The van der Waals surface area contributed by atoms with Crippen LogP contribution in [0.1, 0.15) is 29.9 Å². The number of aliphatic hydroxyl groups is 1. The maximum Gasteiger partial charge on any atom is 0.240 e. The van der Waals surface area contributed by atoms with Gasteiger partial charge >= 0.3 is 0 Å². The third-order valence-corrected chi connectivity index (χ3v) is 6.09. The van der Waals surface area contributed by atoms with E-state index in [1.54, 1.807) is 12.1 Å². The zero-order chi connectivity index (χ0) is 15.5. The lowest BCUT2D eigenvalue weighted by Gasteiger charge is -2.11. The number of benzene rings is 1. The monoisotopic (exact) mass is 389 g/mol. The van der Waals surface area contributed by atoms with Crippen LogP contribution in [0, 0.1) is 0 Å². The summed E-state index contributed by atoms with van der Waals surface area (Å²) in [5.41, 5.74) is 0.610. The van der Waals surface area contributed by atoms with Gasteiger partial charge in [-0.3, -0.25) is 0 Å². The van der Waals surface area contributed by atoms with E-state index < -0.39 is 16.1 Å². The van der Waals surface area contributed by atoms with E-state index in [1.807, 2.05) is 18.4 Å². The second-order valence-corrected chi connectivity index (χ2v) is 8.23. The van der Waals surface area contributed by atoms with Gasteiger partial charge in [0.1, 0.15) is 0 Å². The molecule has 2 N–H and O–H groups in total. The standard InChI is InChI=1S/C14H16BrNO3S2/c1-2-14(17)10-4-3-5-13(6-10)21(18,19)16-8-12-7-11(15)9-20-12/h3-7,9,14,16-17H,2,8H2,1H3. The van der Waals surface area contributed by atoms with Crippen LogP contribution in [0.25, 0.3) is 0 Å². The molecule has 0 saturated heterocycles. The molecule has 0 amide bonds. The van der Waals surface area contributed by atoms with Gasteiger partial charge in [0.05, 0.1) is 11.0 Å². The van der Waals surface area contributed by atoms with Crippen molar-refractivity contribution in [3.63, 3.8) is 0 Å². The number of thiophene rings is 1. The summed E-state index contributed by atoms with van der Waals surface area (Å²) in [6, 6.07) is 8.29. The number of hydrogen-bond acceptors (Lipinski definition) is 4. The molecule has 4 nitrogen and oxygen atoms in total. The number of rotatable bonds is 6. The first-order chi connectivity index (χ1) is 9.92. The zero-order valence-corrected chi connectivity index (χ0v) is 14.6. The van der Waals surface area contributed by atoms with Crippen LogP contribution in [0.15, 0.2) is 45.1 Å². The Morgan fingerprint density at radius 3 is 2.76 bits per heavy atom. The highest BCUT2D eigenvalue weighted by Crippen LogP contribution is 2.22. The van der Waals surface area contributed by atoms with Crippen molar-refractivity contribution in [3.05, 3.63) is 50.6 Å². The molecule has 0 fully saturated rings. The van der Waals surface area contributed by atoms with E-state index in [2.05, 4.69) is 20.7 Å². The van der Waals surface area contributed by atoms with Crippen LogP contribution in [0.5, 0.6) is 0 Å². The van der Waals surface area contributed by atoms with Crippen molar-refractivity contribution in [2.75, 3.05) is 0 Å². The molecule has 0 aliphatic rings. The Kier molecular flexibility index (Phi) is 5.56. The first kappa shape index (κ1) is 16.6. The van der Waals surface area contributed by atoms with Crippen molar-refractivity contribution >= 4 is 37.3 Å². The summed E-state index contributed by atoms with van der Waals surface area (Å²) in [5, 5.41) is 11.7. The molecule has 1 atom stereocenters. The van der Waals surface area contributed by atoms with Gasteiger partial charge in [-0.25, -0.2) is 13.1 Å². The molecule has 0 aliphatic carbocycles. The van der Waals surface area contributed by atoms with Gasteiger partial charge in [0, 0.05) is 21.3 Å². The fourth-order valence-corrected chi connectivity index (χ4v) is 4.36. The van der Waals surface area contributed by atoms with E-state index in [1.165, 1.54) is 23.5 Å². The predicted octanol–water partition coefficient (Wildman–Crippen LogP) is 3.43. The summed E-state index contributed by atoms with van der Waals surface area (Å²) < 4.78 is 28.1. The Hall–Kier alpha value is -0.730. The van der Waals surface area contributed by atoms with E-state index in [-0.39, 0.29) is 11.4 Å². The Morgan fingerprint density at radius 1 is 1.38 bits per heavy atom. The lowest BCUT2D eigenvalue weighted by molar-refractivity contribution is 0.173. The molecule has 1 aromatic carbocycles. The van der Waals surface area contributed by atoms with E-state index in [4.69, 9.17) is 0 Å². The van der Waals surface area contributed by atoms with Crippen LogP contribution in [-0.4, -0.2) is 13.5 Å². The Labute approximate surface area is 137 Å². The average Bonchev–Trinajstić information content (AvgIpc) is 2.90. The van der Waals surface area contributed by atoms with Crippen LogP contribution in [0.3, 0.4) is 0 Å². The first-order valence-corrected chi connectivity index (χ1v) is 9.58. The molecule has 2 aromatic rings. The largest absolute Gasteiger partial charge is 0.388 e. The topological polar surface area (TPSA) is 66.4 Å². The minimum atomic E-state index is -3.58. The van der Waals surface area contributed by atoms with Gasteiger partial charge in [-0.1, -0.05) is 19.1 Å². The van der Waals surface area contributed by atoms with Gasteiger partial charge in [-0.15, -0.1) is 11.3 Å². The SMILES string of the molecule is CCC(O)c1cccc(S(=O)(=O)NCc2cc(Br)cs2)c1. The van der Waals surface area contributed by atoms with Crippen molar-refractivity contribution in [1.29, 1.82) is 0 Å². The van der Waals surface area contributed by atoms with E-state index in [0.717, 1.165) is 9.35 Å². The average molecular weight is 390 g/mol. The molecule has 0 radical (unpaired) electrons. The van der Waals surface area contributed by atoms with Crippen LogP contribution in [-0.2, 0) is 16.6 Å². The second-order valence-electron chi connectivity index (χ2n) is 4.55. The minimum Gasteiger partial charge on any atom is -0.388 e. The molecule has 1 unspecified atom stereocenters. The summed E-state index contributed by atoms with van der Waals surface area (Å²) in [7, 11) is -3.58. The summed E-state index contributed by atoms with van der Waals surface area (Å²) in [5.74, 6) is 0. The van der Waals surface area contributed by atoms with E-state index in [0.29, 0.717) is 12.0 Å². The highest BCUT2D eigenvalue weighted by Gasteiger charge is 2.16. The minimum absolute atomic E-state index is 0.170. The molecule has 0 saturated carbocycles. The van der Waals surface area contributed by atoms with Crippen molar-refractivity contribution in [1.82, 2.24) is 4.72 Å². The predicted molar refractivity (Wildman–Crippen MR) is 87.7 cm³/mol. The fraction of sp³-hybridized carbons (Fsp3) is 0.286. The maximum atomic E-state index is 12.3. The molecule has 114 valence electrons. The fourth-order valence-electron chi connectivity index (χ4n) is 1.82. The van der Waals surface area contributed by atoms with Crippen LogP contribution < -0.4 is 4.72 Å². The van der Waals surface area contributed by atoms with Gasteiger partial charge in [-0.2, -0.15) is 0 Å². The van der Waals surface area contributed by atoms with Crippen LogP contribution in [0.4, 0.5) is 0 Å². The third kappa shape index (κ3) is 4.37. The quantitative estimate of drug-likeness (QED) is 0.794. The van der Waals surface area contributed by atoms with Crippen molar-refractivity contribution in [2.45, 2.75) is 30.9 Å². The number of hydrogen-bond donors (Lipinski definition) is 2. The Balaban J connectivity index is 2.15. The number of aliphatic hydroxyl groups excluding tert-OH is 1. The normalized spacial score (nSPS) is 13.3. The van der Waals surface area contributed by atoms with E-state index >= 15 is 0 Å². The molecule has 1 heterocycles. The number of sulfonamides is 1. The van der Waals surface area contributed by atoms with Crippen molar-refractivity contribution < 1.29 is 13.5 Å². The Bertz CT molecular complexity index is 713. The summed E-state index contributed by atoms with van der Waals surface area (Å²) in [4.78, 5) is 1.10. The van der Waals surface area contributed by atoms with Gasteiger partial charge in [0.2, 0.25) is 10.0 Å². The zero-order valence-electron chi connectivity index (χ0n) is 11.4. The lowest BCUT2D eigenvalue weighted by Crippen LogP contribution is -2.23. The highest BCUT2D eigenvalue weighted by atomic mass is 79.9. The first-order valence-electron chi connectivity index (χ1n) is 6.43. The van der Waals surface area contributed by atoms with E-state index in [9.17, 15) is 13.5 Å². The third-order valence-electron chi connectivity index (χ3n) is 3.00. The molecule has 0 bridgehead atoms. The van der Waals surface area contributed by atoms with Gasteiger partial charge < -0.3 is 5.11 Å².